The molecule has 2 aromatic rings. The van der Waals surface area contributed by atoms with Gasteiger partial charge in [0, 0.05) is 11.9 Å². The second kappa shape index (κ2) is 7.74. The van der Waals surface area contributed by atoms with Crippen LogP contribution in [0.15, 0.2) is 28.8 Å². The van der Waals surface area contributed by atoms with E-state index in [1.54, 1.807) is 0 Å². The Morgan fingerprint density at radius 3 is 2.86 bits per heavy atom. The molecule has 0 radical (unpaired) electrons. The Hall–Kier alpha value is -2.15. The largest absolute Gasteiger partial charge is 0.361 e. The van der Waals surface area contributed by atoms with Crippen molar-refractivity contribution in [3.8, 4) is 0 Å². The summed E-state index contributed by atoms with van der Waals surface area (Å²) in [6, 6.07) is 7.43. The van der Waals surface area contributed by atoms with E-state index in [1.807, 2.05) is 24.3 Å². The number of carbonyl (C=O) groups is 1. The Morgan fingerprint density at radius 1 is 1.32 bits per heavy atom. The van der Waals surface area contributed by atoms with Gasteiger partial charge in [0.25, 0.3) is 0 Å². The van der Waals surface area contributed by atoms with E-state index in [-0.39, 0.29) is 12.3 Å². The summed E-state index contributed by atoms with van der Waals surface area (Å²) in [6.07, 6.45) is 1.14. The van der Waals surface area contributed by atoms with Gasteiger partial charge in [-0.2, -0.15) is 0 Å². The van der Waals surface area contributed by atoms with E-state index in [9.17, 15) is 4.79 Å². The molecule has 0 aliphatic rings. The maximum Gasteiger partial charge on any atom is 0.244 e. The molecule has 1 aromatic carbocycles. The summed E-state index contributed by atoms with van der Waals surface area (Å²) < 4.78 is 5.16. The summed E-state index contributed by atoms with van der Waals surface area (Å²) in [5.41, 5.74) is 6.50. The number of rotatable bonds is 5. The van der Waals surface area contributed by atoms with Crippen LogP contribution in [0.5, 0.6) is 0 Å². The number of thiocarbonyl (C=S) groups is 1. The number of nitrogens with one attached hydrogen (secondary N) is 3. The number of fused-ring (bicyclic) bond motifs is 1. The van der Waals surface area contributed by atoms with Crippen molar-refractivity contribution in [3.05, 3.63) is 30.0 Å². The number of hydrazine groups is 1. The first-order valence-electron chi connectivity index (χ1n) is 7.22. The smallest absolute Gasteiger partial charge is 0.244 e. The second-order valence-corrected chi connectivity index (χ2v) is 5.82. The fourth-order valence-electron chi connectivity index (χ4n) is 1.91. The van der Waals surface area contributed by atoms with E-state index in [0.717, 1.165) is 18.4 Å². The first kappa shape index (κ1) is 16.2. The van der Waals surface area contributed by atoms with Gasteiger partial charge >= 0.3 is 0 Å². The SMILES string of the molecule is CC(C)CCNC(=S)NNC(=O)Cc1noc2ccccc12. The molecule has 0 bridgehead atoms. The third-order valence-corrected chi connectivity index (χ3v) is 3.35. The Morgan fingerprint density at radius 2 is 2.09 bits per heavy atom. The van der Waals surface area contributed by atoms with E-state index in [0.29, 0.717) is 22.3 Å². The normalized spacial score (nSPS) is 10.7. The maximum absolute atomic E-state index is 11.9. The molecule has 2 rings (SSSR count). The molecule has 1 amide bonds. The number of hydrogen-bond donors (Lipinski definition) is 3. The van der Waals surface area contributed by atoms with Gasteiger partial charge in [-0.1, -0.05) is 31.1 Å². The van der Waals surface area contributed by atoms with Crippen LogP contribution < -0.4 is 16.2 Å². The summed E-state index contributed by atoms with van der Waals surface area (Å²) in [5.74, 6) is 0.373. The predicted molar refractivity (Wildman–Crippen MR) is 89.0 cm³/mol. The highest BCUT2D eigenvalue weighted by Gasteiger charge is 2.11. The lowest BCUT2D eigenvalue weighted by Crippen LogP contribution is -2.47. The molecule has 22 heavy (non-hydrogen) atoms. The van der Waals surface area contributed by atoms with Gasteiger partial charge in [0.05, 0.1) is 6.42 Å². The minimum Gasteiger partial charge on any atom is -0.361 e. The number of carbonyl (C=O) groups excluding carboxylic acids is 1. The lowest BCUT2D eigenvalue weighted by Gasteiger charge is -2.12. The maximum atomic E-state index is 11.9. The van der Waals surface area contributed by atoms with E-state index in [1.165, 1.54) is 0 Å². The lowest BCUT2D eigenvalue weighted by atomic mass is 10.1. The van der Waals surface area contributed by atoms with Crippen LogP contribution in [0, 0.1) is 5.92 Å². The molecular weight excluding hydrogens is 300 g/mol. The van der Waals surface area contributed by atoms with Gasteiger partial charge in [-0.05, 0) is 36.7 Å². The molecule has 0 atom stereocenters. The number of aromatic nitrogens is 1. The van der Waals surface area contributed by atoms with Gasteiger partial charge in [-0.15, -0.1) is 0 Å². The topological polar surface area (TPSA) is 79.2 Å². The van der Waals surface area contributed by atoms with Crippen molar-refractivity contribution >= 4 is 34.2 Å². The molecule has 3 N–H and O–H groups in total. The summed E-state index contributed by atoms with van der Waals surface area (Å²) >= 11 is 5.08. The van der Waals surface area contributed by atoms with Crippen LogP contribution >= 0.6 is 12.2 Å². The first-order valence-corrected chi connectivity index (χ1v) is 7.63. The van der Waals surface area contributed by atoms with Crippen molar-refractivity contribution < 1.29 is 9.32 Å². The van der Waals surface area contributed by atoms with Crippen molar-refractivity contribution in [2.75, 3.05) is 6.54 Å². The van der Waals surface area contributed by atoms with Gasteiger partial charge in [-0.25, -0.2) is 0 Å². The number of hydrogen-bond acceptors (Lipinski definition) is 4. The van der Waals surface area contributed by atoms with E-state index < -0.39 is 0 Å². The molecule has 0 aliphatic heterocycles. The molecule has 0 saturated heterocycles. The molecule has 1 heterocycles. The van der Waals surface area contributed by atoms with Gasteiger partial charge in [-0.3, -0.25) is 15.6 Å². The highest BCUT2D eigenvalue weighted by molar-refractivity contribution is 7.80. The molecule has 0 unspecified atom stereocenters. The number of amides is 1. The molecule has 6 nitrogen and oxygen atoms in total. The van der Waals surface area contributed by atoms with Gasteiger partial charge in [0.1, 0.15) is 5.69 Å². The fraction of sp³-hybridized carbons (Fsp3) is 0.400. The summed E-state index contributed by atoms with van der Waals surface area (Å²) in [5, 5.41) is 8.19. The quantitative estimate of drug-likeness (QED) is 0.577. The summed E-state index contributed by atoms with van der Waals surface area (Å²) in [6.45, 7) is 5.05. The lowest BCUT2D eigenvalue weighted by molar-refractivity contribution is -0.121. The minimum atomic E-state index is -0.230. The third kappa shape index (κ3) is 4.70. The van der Waals surface area contributed by atoms with Crippen LogP contribution in [-0.4, -0.2) is 22.7 Å². The highest BCUT2D eigenvalue weighted by Crippen LogP contribution is 2.17. The second-order valence-electron chi connectivity index (χ2n) is 5.41. The molecule has 118 valence electrons. The van der Waals surface area contributed by atoms with Crippen LogP contribution in [0.2, 0.25) is 0 Å². The van der Waals surface area contributed by atoms with E-state index in [4.69, 9.17) is 16.7 Å². The van der Waals surface area contributed by atoms with Crippen molar-refractivity contribution in [3.63, 3.8) is 0 Å². The van der Waals surface area contributed by atoms with Crippen LogP contribution in [0.1, 0.15) is 26.0 Å². The Bertz CT molecular complexity index is 654. The van der Waals surface area contributed by atoms with Crippen molar-refractivity contribution in [1.29, 1.82) is 0 Å². The Kier molecular flexibility index (Phi) is 5.71. The zero-order chi connectivity index (χ0) is 15.9. The molecule has 1 aromatic heterocycles. The summed E-state index contributed by atoms with van der Waals surface area (Å²) in [7, 11) is 0. The third-order valence-electron chi connectivity index (χ3n) is 3.10. The molecule has 0 fully saturated rings. The molecular formula is C15H20N4O2S. The van der Waals surface area contributed by atoms with Crippen LogP contribution in [0.4, 0.5) is 0 Å². The van der Waals surface area contributed by atoms with E-state index >= 15 is 0 Å². The fourth-order valence-corrected chi connectivity index (χ4v) is 2.06. The summed E-state index contributed by atoms with van der Waals surface area (Å²) in [4.78, 5) is 11.9. The van der Waals surface area contributed by atoms with Crippen molar-refractivity contribution in [2.24, 2.45) is 5.92 Å². The monoisotopic (exact) mass is 320 g/mol. The predicted octanol–water partition coefficient (Wildman–Crippen LogP) is 1.91. The average Bonchev–Trinajstić information content (AvgIpc) is 2.88. The Labute approximate surface area is 134 Å². The zero-order valence-electron chi connectivity index (χ0n) is 12.7. The van der Waals surface area contributed by atoms with Crippen molar-refractivity contribution in [2.45, 2.75) is 26.7 Å². The van der Waals surface area contributed by atoms with Crippen LogP contribution in [0.25, 0.3) is 11.0 Å². The van der Waals surface area contributed by atoms with Gasteiger partial charge in [0.2, 0.25) is 5.91 Å². The van der Waals surface area contributed by atoms with Gasteiger partial charge in [0.15, 0.2) is 10.7 Å². The van der Waals surface area contributed by atoms with Crippen molar-refractivity contribution in [1.82, 2.24) is 21.3 Å². The molecule has 0 spiro atoms. The molecule has 7 heteroatoms. The minimum absolute atomic E-state index is 0.124. The zero-order valence-corrected chi connectivity index (χ0v) is 13.5. The molecule has 0 aliphatic carbocycles. The molecule has 0 saturated carbocycles. The van der Waals surface area contributed by atoms with Crippen LogP contribution in [0.3, 0.4) is 0 Å². The Balaban J connectivity index is 1.77. The van der Waals surface area contributed by atoms with E-state index in [2.05, 4.69) is 35.2 Å². The van der Waals surface area contributed by atoms with Crippen LogP contribution in [-0.2, 0) is 11.2 Å². The number of para-hydroxylation sites is 1. The highest BCUT2D eigenvalue weighted by atomic mass is 32.1. The number of nitrogens with zero attached hydrogens (tertiary/aromatic N) is 1. The standard InChI is InChI=1S/C15H20N4O2S/c1-10(2)7-8-16-15(22)18-17-14(20)9-12-11-5-3-4-6-13(11)21-19-12/h3-6,10H,7-9H2,1-2H3,(H,17,20)(H2,16,18,22). The number of benzene rings is 1. The average molecular weight is 320 g/mol. The first-order chi connectivity index (χ1) is 10.6. The van der Waals surface area contributed by atoms with Gasteiger partial charge < -0.3 is 9.84 Å².